The summed E-state index contributed by atoms with van der Waals surface area (Å²) in [5.74, 6) is 0.678. The van der Waals surface area contributed by atoms with E-state index in [1.54, 1.807) is 19.3 Å². The summed E-state index contributed by atoms with van der Waals surface area (Å²) in [6.07, 6.45) is 11.2. The molecule has 1 aliphatic carbocycles. The Labute approximate surface area is 150 Å². The molecule has 7 nitrogen and oxygen atoms in total. The number of allylic oxidation sites excluding steroid dienone is 1. The lowest BCUT2D eigenvalue weighted by molar-refractivity contribution is 0.580. The van der Waals surface area contributed by atoms with Crippen LogP contribution in [0.1, 0.15) is 32.1 Å². The molecule has 1 aliphatic rings. The van der Waals surface area contributed by atoms with Crippen molar-refractivity contribution in [3.05, 3.63) is 36.2 Å². The van der Waals surface area contributed by atoms with E-state index in [1.807, 2.05) is 0 Å². The molecular formula is C17H27N5O2S. The third-order valence-corrected chi connectivity index (χ3v) is 5.45. The van der Waals surface area contributed by atoms with E-state index in [0.29, 0.717) is 12.5 Å². The number of aliphatic imine (C=N–C) groups is 1. The van der Waals surface area contributed by atoms with Crippen LogP contribution in [0.15, 0.2) is 46.1 Å². The summed E-state index contributed by atoms with van der Waals surface area (Å²) in [4.78, 5) is 8.14. The van der Waals surface area contributed by atoms with Gasteiger partial charge in [-0.1, -0.05) is 11.6 Å². The number of rotatable bonds is 8. The Balaban J connectivity index is 1.66. The maximum absolute atomic E-state index is 12.1. The zero-order chi connectivity index (χ0) is 18.0. The van der Waals surface area contributed by atoms with Gasteiger partial charge >= 0.3 is 0 Å². The topological polar surface area (TPSA) is 95.5 Å². The number of nitrogens with one attached hydrogen (secondary N) is 3. The molecule has 1 heterocycles. The van der Waals surface area contributed by atoms with Crippen molar-refractivity contribution >= 4 is 16.0 Å². The molecule has 1 aromatic heterocycles. The number of guanidine groups is 1. The molecule has 0 aliphatic heterocycles. The van der Waals surface area contributed by atoms with E-state index in [-0.39, 0.29) is 11.4 Å². The highest BCUT2D eigenvalue weighted by molar-refractivity contribution is 7.89. The fourth-order valence-electron chi connectivity index (χ4n) is 2.65. The Morgan fingerprint density at radius 1 is 1.24 bits per heavy atom. The smallest absolute Gasteiger partial charge is 0.242 e. The van der Waals surface area contributed by atoms with Gasteiger partial charge in [0.05, 0.1) is 0 Å². The lowest BCUT2D eigenvalue weighted by Crippen LogP contribution is -2.41. The fourth-order valence-corrected chi connectivity index (χ4v) is 3.64. The molecule has 3 N–H and O–H groups in total. The van der Waals surface area contributed by atoms with Gasteiger partial charge in [0.25, 0.3) is 0 Å². The molecule has 0 saturated carbocycles. The molecule has 0 spiro atoms. The van der Waals surface area contributed by atoms with Gasteiger partial charge in [-0.25, -0.2) is 13.1 Å². The van der Waals surface area contributed by atoms with Gasteiger partial charge < -0.3 is 10.6 Å². The van der Waals surface area contributed by atoms with Gasteiger partial charge in [0.2, 0.25) is 10.0 Å². The van der Waals surface area contributed by atoms with Crippen LogP contribution in [0.3, 0.4) is 0 Å². The number of hydrogen-bond donors (Lipinski definition) is 3. The van der Waals surface area contributed by atoms with Crippen molar-refractivity contribution in [2.75, 3.05) is 26.7 Å². The van der Waals surface area contributed by atoms with Crippen LogP contribution in [0.25, 0.3) is 0 Å². The first-order valence-corrected chi connectivity index (χ1v) is 10.1. The van der Waals surface area contributed by atoms with Crippen LogP contribution in [-0.2, 0) is 10.0 Å². The molecule has 0 atom stereocenters. The van der Waals surface area contributed by atoms with Crippen molar-refractivity contribution in [2.24, 2.45) is 4.99 Å². The van der Waals surface area contributed by atoms with Crippen molar-refractivity contribution in [1.82, 2.24) is 20.3 Å². The molecular weight excluding hydrogens is 338 g/mol. The Morgan fingerprint density at radius 2 is 2.08 bits per heavy atom. The van der Waals surface area contributed by atoms with Crippen LogP contribution in [0, 0.1) is 0 Å². The lowest BCUT2D eigenvalue weighted by atomic mass is 9.97. The largest absolute Gasteiger partial charge is 0.356 e. The molecule has 138 valence electrons. The van der Waals surface area contributed by atoms with E-state index in [1.165, 1.54) is 43.5 Å². The van der Waals surface area contributed by atoms with E-state index in [4.69, 9.17) is 0 Å². The molecule has 2 rings (SSSR count). The van der Waals surface area contributed by atoms with E-state index >= 15 is 0 Å². The summed E-state index contributed by atoms with van der Waals surface area (Å²) in [5, 5.41) is 6.36. The Kier molecular flexibility index (Phi) is 7.87. The molecule has 1 aromatic rings. The zero-order valence-corrected chi connectivity index (χ0v) is 15.5. The number of hydrogen-bond acceptors (Lipinski definition) is 4. The summed E-state index contributed by atoms with van der Waals surface area (Å²) in [6, 6.07) is 3.11. The van der Waals surface area contributed by atoms with Crippen LogP contribution in [-0.4, -0.2) is 46.0 Å². The third kappa shape index (κ3) is 6.83. The van der Waals surface area contributed by atoms with Crippen LogP contribution < -0.4 is 15.4 Å². The van der Waals surface area contributed by atoms with Gasteiger partial charge in [-0.3, -0.25) is 9.98 Å². The first kappa shape index (κ1) is 19.4. The quantitative estimate of drug-likeness (QED) is 0.280. The van der Waals surface area contributed by atoms with Crippen LogP contribution in [0.5, 0.6) is 0 Å². The monoisotopic (exact) mass is 365 g/mol. The molecule has 25 heavy (non-hydrogen) atoms. The second-order valence-corrected chi connectivity index (χ2v) is 7.64. The predicted molar refractivity (Wildman–Crippen MR) is 100.0 cm³/mol. The molecule has 0 radical (unpaired) electrons. The van der Waals surface area contributed by atoms with Gasteiger partial charge in [-0.05, 0) is 44.2 Å². The first-order chi connectivity index (χ1) is 12.1. The summed E-state index contributed by atoms with van der Waals surface area (Å²) < 4.78 is 26.7. The number of aromatic nitrogens is 1. The zero-order valence-electron chi connectivity index (χ0n) is 14.7. The highest BCUT2D eigenvalue weighted by Gasteiger charge is 2.12. The summed E-state index contributed by atoms with van der Waals surface area (Å²) >= 11 is 0. The van der Waals surface area contributed by atoms with Crippen molar-refractivity contribution < 1.29 is 8.42 Å². The van der Waals surface area contributed by atoms with Crippen molar-refractivity contribution in [1.29, 1.82) is 0 Å². The van der Waals surface area contributed by atoms with Gasteiger partial charge in [0.15, 0.2) is 5.96 Å². The molecule has 0 bridgehead atoms. The highest BCUT2D eigenvalue weighted by Crippen LogP contribution is 2.19. The SMILES string of the molecule is CN=C(NCCNS(=O)(=O)c1cccnc1)NCCC1=CCCCC1. The summed E-state index contributed by atoms with van der Waals surface area (Å²) in [6.45, 7) is 1.54. The molecule has 8 heteroatoms. The Bertz CT molecular complexity index is 686. The third-order valence-electron chi connectivity index (χ3n) is 4.00. The average Bonchev–Trinajstić information content (AvgIpc) is 2.65. The second kappa shape index (κ2) is 10.1. The van der Waals surface area contributed by atoms with Crippen molar-refractivity contribution in [3.8, 4) is 0 Å². The van der Waals surface area contributed by atoms with Crippen LogP contribution in [0.4, 0.5) is 0 Å². The number of nitrogens with zero attached hydrogens (tertiary/aromatic N) is 2. The number of pyridine rings is 1. The van der Waals surface area contributed by atoms with Crippen molar-refractivity contribution in [2.45, 2.75) is 37.0 Å². The van der Waals surface area contributed by atoms with Crippen molar-refractivity contribution in [3.63, 3.8) is 0 Å². The molecule has 0 aromatic carbocycles. The summed E-state index contributed by atoms with van der Waals surface area (Å²) in [7, 11) is -1.81. The van der Waals surface area contributed by atoms with Gasteiger partial charge in [-0.15, -0.1) is 0 Å². The fraction of sp³-hybridized carbons (Fsp3) is 0.529. The Morgan fingerprint density at radius 3 is 2.76 bits per heavy atom. The summed E-state index contributed by atoms with van der Waals surface area (Å²) in [5.41, 5.74) is 1.51. The first-order valence-electron chi connectivity index (χ1n) is 8.64. The highest BCUT2D eigenvalue weighted by atomic mass is 32.2. The van der Waals surface area contributed by atoms with Gasteiger partial charge in [-0.2, -0.15) is 0 Å². The average molecular weight is 366 g/mol. The normalized spacial score (nSPS) is 15.6. The lowest BCUT2D eigenvalue weighted by Gasteiger charge is -2.15. The van der Waals surface area contributed by atoms with E-state index in [9.17, 15) is 8.42 Å². The Hall–Kier alpha value is -1.93. The molecule has 0 unspecified atom stereocenters. The minimum Gasteiger partial charge on any atom is -0.356 e. The predicted octanol–water partition coefficient (Wildman–Crippen LogP) is 1.42. The number of sulfonamides is 1. The van der Waals surface area contributed by atoms with E-state index in [2.05, 4.69) is 31.4 Å². The van der Waals surface area contributed by atoms with E-state index < -0.39 is 10.0 Å². The molecule has 0 saturated heterocycles. The van der Waals surface area contributed by atoms with E-state index in [0.717, 1.165) is 13.0 Å². The maximum atomic E-state index is 12.1. The molecule has 0 fully saturated rings. The van der Waals surface area contributed by atoms with Crippen LogP contribution in [0.2, 0.25) is 0 Å². The second-order valence-electron chi connectivity index (χ2n) is 5.87. The maximum Gasteiger partial charge on any atom is 0.242 e. The standard InChI is InChI=1S/C17H27N5O2S/c1-18-17(20-11-9-15-6-3-2-4-7-15)21-12-13-22-25(23,24)16-8-5-10-19-14-16/h5-6,8,10,14,22H,2-4,7,9,11-13H2,1H3,(H2,18,20,21). The minimum absolute atomic E-state index is 0.165. The minimum atomic E-state index is -3.52. The van der Waals surface area contributed by atoms with Gasteiger partial charge in [0.1, 0.15) is 4.90 Å². The molecule has 0 amide bonds. The van der Waals surface area contributed by atoms with Crippen LogP contribution >= 0.6 is 0 Å². The van der Waals surface area contributed by atoms with Gasteiger partial charge in [0, 0.05) is 39.1 Å².